The summed E-state index contributed by atoms with van der Waals surface area (Å²) < 4.78 is 10.3. The van der Waals surface area contributed by atoms with E-state index >= 15 is 0 Å². The zero-order chi connectivity index (χ0) is 10.9. The van der Waals surface area contributed by atoms with Crippen LogP contribution in [0.1, 0.15) is 12.8 Å². The largest absolute Gasteiger partial charge is 0.382 e. The first-order valence-corrected chi connectivity index (χ1v) is 5.81. The second-order valence-corrected chi connectivity index (χ2v) is 4.16. The van der Waals surface area contributed by atoms with E-state index in [-0.39, 0.29) is 0 Å². The van der Waals surface area contributed by atoms with E-state index in [1.165, 1.54) is 19.4 Å². The quantitative estimate of drug-likeness (QED) is 0.622. The lowest BCUT2D eigenvalue weighted by Crippen LogP contribution is -2.44. The standard InChI is InChI=1S/C11H24N2O2/c1-13-6-3-4-11(10-13)12-5-7-15-9-8-14-2/h11-12H,3-10H2,1-2H3. The maximum absolute atomic E-state index is 5.39. The maximum Gasteiger partial charge on any atom is 0.0700 e. The monoisotopic (exact) mass is 216 g/mol. The Hall–Kier alpha value is -0.160. The number of methoxy groups -OCH3 is 1. The third-order valence-corrected chi connectivity index (χ3v) is 2.74. The molecule has 1 saturated heterocycles. The molecule has 4 heteroatoms. The van der Waals surface area contributed by atoms with Crippen LogP contribution in [0.25, 0.3) is 0 Å². The van der Waals surface area contributed by atoms with E-state index in [0.717, 1.165) is 19.7 Å². The number of hydrogen-bond donors (Lipinski definition) is 1. The Morgan fingerprint density at radius 2 is 2.20 bits per heavy atom. The fourth-order valence-corrected chi connectivity index (χ4v) is 1.91. The maximum atomic E-state index is 5.39. The highest BCUT2D eigenvalue weighted by Gasteiger charge is 2.15. The summed E-state index contributed by atoms with van der Waals surface area (Å²) in [5, 5.41) is 3.52. The lowest BCUT2D eigenvalue weighted by Gasteiger charge is -2.30. The van der Waals surface area contributed by atoms with E-state index in [1.807, 2.05) is 0 Å². The lowest BCUT2D eigenvalue weighted by atomic mass is 10.1. The summed E-state index contributed by atoms with van der Waals surface area (Å²) in [7, 11) is 3.88. The molecule has 15 heavy (non-hydrogen) atoms. The van der Waals surface area contributed by atoms with Crippen LogP contribution in [0, 0.1) is 0 Å². The van der Waals surface area contributed by atoms with E-state index in [1.54, 1.807) is 7.11 Å². The molecule has 4 nitrogen and oxygen atoms in total. The summed E-state index contributed by atoms with van der Waals surface area (Å²) in [6, 6.07) is 0.648. The molecule has 1 aliphatic rings. The van der Waals surface area contributed by atoms with Crippen LogP contribution in [0.2, 0.25) is 0 Å². The van der Waals surface area contributed by atoms with Gasteiger partial charge in [-0.2, -0.15) is 0 Å². The number of likely N-dealkylation sites (tertiary alicyclic amines) is 1. The number of rotatable bonds is 7. The normalized spacial score (nSPS) is 23.2. The molecule has 0 aromatic carbocycles. The number of ether oxygens (including phenoxy) is 2. The van der Waals surface area contributed by atoms with Crippen LogP contribution < -0.4 is 5.32 Å². The topological polar surface area (TPSA) is 33.7 Å². The minimum atomic E-state index is 0.648. The number of nitrogens with one attached hydrogen (secondary N) is 1. The SMILES string of the molecule is COCCOCCNC1CCCN(C)C1. The predicted octanol–water partition coefficient (Wildman–Crippen LogP) is 0.333. The van der Waals surface area contributed by atoms with Crippen molar-refractivity contribution in [3.05, 3.63) is 0 Å². The number of hydrogen-bond acceptors (Lipinski definition) is 4. The molecule has 1 atom stereocenters. The van der Waals surface area contributed by atoms with Crippen molar-refractivity contribution in [1.29, 1.82) is 0 Å². The van der Waals surface area contributed by atoms with Gasteiger partial charge in [-0.25, -0.2) is 0 Å². The Balaban J connectivity index is 1.90. The third kappa shape index (κ3) is 6.10. The first-order valence-electron chi connectivity index (χ1n) is 5.81. The summed E-state index contributed by atoms with van der Waals surface area (Å²) in [4.78, 5) is 2.38. The molecule has 0 bridgehead atoms. The highest BCUT2D eigenvalue weighted by molar-refractivity contribution is 4.75. The smallest absolute Gasteiger partial charge is 0.0700 e. The number of likely N-dealkylation sites (N-methyl/N-ethyl adjacent to an activating group) is 1. The molecule has 90 valence electrons. The van der Waals surface area contributed by atoms with E-state index in [9.17, 15) is 0 Å². The molecule has 1 unspecified atom stereocenters. The van der Waals surface area contributed by atoms with Gasteiger partial charge in [-0.05, 0) is 26.4 Å². The molecule has 1 heterocycles. The van der Waals surface area contributed by atoms with E-state index in [2.05, 4.69) is 17.3 Å². The summed E-state index contributed by atoms with van der Waals surface area (Å²) in [5.74, 6) is 0. The van der Waals surface area contributed by atoms with Crippen molar-refractivity contribution < 1.29 is 9.47 Å². The summed E-state index contributed by atoms with van der Waals surface area (Å²) >= 11 is 0. The summed E-state index contributed by atoms with van der Waals surface area (Å²) in [6.45, 7) is 5.52. The minimum absolute atomic E-state index is 0.648. The van der Waals surface area contributed by atoms with Crippen LogP contribution in [0.4, 0.5) is 0 Å². The van der Waals surface area contributed by atoms with Crippen LogP contribution in [0.5, 0.6) is 0 Å². The average molecular weight is 216 g/mol. The first kappa shape index (κ1) is 12.9. The minimum Gasteiger partial charge on any atom is -0.382 e. The molecule has 1 N–H and O–H groups in total. The fraction of sp³-hybridized carbons (Fsp3) is 1.00. The molecule has 1 aliphatic heterocycles. The number of piperidine rings is 1. The average Bonchev–Trinajstić information content (AvgIpc) is 2.23. The number of nitrogens with zero attached hydrogens (tertiary/aromatic N) is 1. The molecular weight excluding hydrogens is 192 g/mol. The van der Waals surface area contributed by atoms with Gasteiger partial charge in [0.15, 0.2) is 0 Å². The van der Waals surface area contributed by atoms with Crippen molar-refractivity contribution in [2.24, 2.45) is 0 Å². The van der Waals surface area contributed by atoms with Crippen molar-refractivity contribution in [3.63, 3.8) is 0 Å². The van der Waals surface area contributed by atoms with E-state index in [0.29, 0.717) is 19.3 Å². The molecule has 0 aromatic rings. The van der Waals surface area contributed by atoms with Crippen LogP contribution in [-0.2, 0) is 9.47 Å². The van der Waals surface area contributed by atoms with Crippen LogP contribution in [0.15, 0.2) is 0 Å². The zero-order valence-corrected chi connectivity index (χ0v) is 10.00. The van der Waals surface area contributed by atoms with Crippen LogP contribution in [-0.4, -0.2) is 64.6 Å². The van der Waals surface area contributed by atoms with Gasteiger partial charge in [0.25, 0.3) is 0 Å². The fourth-order valence-electron chi connectivity index (χ4n) is 1.91. The Morgan fingerprint density at radius 1 is 1.33 bits per heavy atom. The molecule has 1 rings (SSSR count). The van der Waals surface area contributed by atoms with Crippen molar-refractivity contribution in [2.45, 2.75) is 18.9 Å². The molecule has 0 aliphatic carbocycles. The van der Waals surface area contributed by atoms with Gasteiger partial charge in [0.1, 0.15) is 0 Å². The highest BCUT2D eigenvalue weighted by atomic mass is 16.5. The van der Waals surface area contributed by atoms with E-state index in [4.69, 9.17) is 9.47 Å². The van der Waals surface area contributed by atoms with Crippen molar-refractivity contribution >= 4 is 0 Å². The van der Waals surface area contributed by atoms with Gasteiger partial charge in [-0.15, -0.1) is 0 Å². The van der Waals surface area contributed by atoms with Crippen molar-refractivity contribution in [1.82, 2.24) is 10.2 Å². The van der Waals surface area contributed by atoms with Gasteiger partial charge in [0, 0.05) is 26.2 Å². The van der Waals surface area contributed by atoms with Gasteiger partial charge in [-0.3, -0.25) is 0 Å². The lowest BCUT2D eigenvalue weighted by molar-refractivity contribution is 0.0697. The molecule has 0 radical (unpaired) electrons. The summed E-state index contributed by atoms with van der Waals surface area (Å²) in [5.41, 5.74) is 0. The molecular formula is C11H24N2O2. The predicted molar refractivity (Wildman–Crippen MR) is 61.2 cm³/mol. The molecule has 0 saturated carbocycles. The Morgan fingerprint density at radius 3 is 2.93 bits per heavy atom. The second-order valence-electron chi connectivity index (χ2n) is 4.16. The van der Waals surface area contributed by atoms with Gasteiger partial charge in [0.2, 0.25) is 0 Å². The van der Waals surface area contributed by atoms with Crippen molar-refractivity contribution in [2.75, 3.05) is 53.6 Å². The third-order valence-electron chi connectivity index (χ3n) is 2.74. The Bertz CT molecular complexity index is 156. The molecule has 0 spiro atoms. The van der Waals surface area contributed by atoms with Gasteiger partial charge < -0.3 is 19.7 Å². The highest BCUT2D eigenvalue weighted by Crippen LogP contribution is 2.07. The Kier molecular flexibility index (Phi) is 6.92. The van der Waals surface area contributed by atoms with E-state index < -0.39 is 0 Å². The summed E-state index contributed by atoms with van der Waals surface area (Å²) in [6.07, 6.45) is 2.60. The van der Waals surface area contributed by atoms with Gasteiger partial charge in [-0.1, -0.05) is 0 Å². The van der Waals surface area contributed by atoms with Gasteiger partial charge >= 0.3 is 0 Å². The van der Waals surface area contributed by atoms with Gasteiger partial charge in [0.05, 0.1) is 19.8 Å². The van der Waals surface area contributed by atoms with Crippen molar-refractivity contribution in [3.8, 4) is 0 Å². The molecule has 0 amide bonds. The second kappa shape index (κ2) is 8.05. The van der Waals surface area contributed by atoms with Crippen LogP contribution >= 0.6 is 0 Å². The Labute approximate surface area is 92.9 Å². The molecule has 1 fully saturated rings. The molecule has 0 aromatic heterocycles. The first-order chi connectivity index (χ1) is 7.33. The zero-order valence-electron chi connectivity index (χ0n) is 10.00. The van der Waals surface area contributed by atoms with Crippen LogP contribution in [0.3, 0.4) is 0 Å².